The van der Waals surface area contributed by atoms with E-state index in [1.54, 1.807) is 42.5 Å². The van der Waals surface area contributed by atoms with Crippen LogP contribution in [0.25, 0.3) is 0 Å². The molecule has 1 heterocycles. The molecule has 2 amide bonds. The van der Waals surface area contributed by atoms with Gasteiger partial charge in [-0.1, -0.05) is 54.1 Å². The molecular formula is C26H22ClF3N4O2S. The van der Waals surface area contributed by atoms with Gasteiger partial charge in [-0.25, -0.2) is 4.99 Å². The molecule has 3 aromatic rings. The molecule has 0 saturated heterocycles. The SMILES string of the molecule is N[C@@H](CS)C(=O)NC1N=C(c2ccccc2)c2cc(Cl)ccc2N(Cc2ccc(C(F)(F)F)cc2)C1=O. The molecule has 4 rings (SSSR count). The predicted octanol–water partition coefficient (Wildman–Crippen LogP) is 4.44. The molecule has 0 aliphatic carbocycles. The molecular weight excluding hydrogens is 525 g/mol. The lowest BCUT2D eigenvalue weighted by molar-refractivity contribution is -0.137. The maximum Gasteiger partial charge on any atom is 0.416 e. The van der Waals surface area contributed by atoms with Crippen LogP contribution in [0.4, 0.5) is 18.9 Å². The molecule has 0 saturated carbocycles. The van der Waals surface area contributed by atoms with Gasteiger partial charge in [0.05, 0.1) is 29.5 Å². The Kier molecular flexibility index (Phi) is 7.91. The highest BCUT2D eigenvalue weighted by Gasteiger charge is 2.34. The number of benzodiazepines with no additional fused rings is 1. The number of benzene rings is 3. The molecule has 6 nitrogen and oxygen atoms in total. The van der Waals surface area contributed by atoms with Crippen molar-refractivity contribution in [3.63, 3.8) is 0 Å². The van der Waals surface area contributed by atoms with Crippen LogP contribution in [0.1, 0.15) is 22.3 Å². The molecule has 3 N–H and O–H groups in total. The Morgan fingerprint density at radius 2 is 1.78 bits per heavy atom. The van der Waals surface area contributed by atoms with Crippen molar-refractivity contribution in [3.05, 3.63) is 100 Å². The number of anilines is 1. The van der Waals surface area contributed by atoms with Gasteiger partial charge in [0, 0.05) is 21.9 Å². The Hall–Kier alpha value is -3.34. The lowest BCUT2D eigenvalue weighted by Crippen LogP contribution is -2.52. The van der Waals surface area contributed by atoms with Gasteiger partial charge in [-0.2, -0.15) is 25.8 Å². The molecule has 1 aliphatic heterocycles. The number of alkyl halides is 3. The van der Waals surface area contributed by atoms with Crippen LogP contribution in [-0.2, 0) is 22.3 Å². The lowest BCUT2D eigenvalue weighted by atomic mass is 10.00. The van der Waals surface area contributed by atoms with Crippen molar-refractivity contribution < 1.29 is 22.8 Å². The quantitative estimate of drug-likeness (QED) is 0.399. The largest absolute Gasteiger partial charge is 0.416 e. The van der Waals surface area contributed by atoms with Crippen LogP contribution in [0, 0.1) is 0 Å². The molecule has 0 fully saturated rings. The number of carbonyl (C=O) groups excluding carboxylic acids is 2. The molecule has 0 bridgehead atoms. The van der Waals surface area contributed by atoms with Gasteiger partial charge >= 0.3 is 6.18 Å². The van der Waals surface area contributed by atoms with E-state index in [1.807, 2.05) is 6.07 Å². The second kappa shape index (κ2) is 11.0. The molecule has 11 heteroatoms. The summed E-state index contributed by atoms with van der Waals surface area (Å²) in [5, 5.41) is 2.97. The van der Waals surface area contributed by atoms with Crippen LogP contribution in [0.15, 0.2) is 77.8 Å². The van der Waals surface area contributed by atoms with E-state index in [0.29, 0.717) is 33.1 Å². The van der Waals surface area contributed by atoms with Crippen LogP contribution in [0.3, 0.4) is 0 Å². The summed E-state index contributed by atoms with van der Waals surface area (Å²) < 4.78 is 39.2. The van der Waals surface area contributed by atoms with E-state index >= 15 is 0 Å². The van der Waals surface area contributed by atoms with Gasteiger partial charge in [-0.15, -0.1) is 0 Å². The third-order valence-electron chi connectivity index (χ3n) is 5.74. The number of hydrogen-bond donors (Lipinski definition) is 3. The van der Waals surface area contributed by atoms with E-state index in [9.17, 15) is 22.8 Å². The Labute approximate surface area is 221 Å². The van der Waals surface area contributed by atoms with Crippen molar-refractivity contribution in [2.45, 2.75) is 24.9 Å². The van der Waals surface area contributed by atoms with Gasteiger partial charge in [-0.3, -0.25) is 9.59 Å². The van der Waals surface area contributed by atoms with E-state index in [1.165, 1.54) is 17.0 Å². The standard InChI is InChI=1S/C26H22ClF3N4O2S/c27-18-10-11-21-19(12-18)22(16-4-2-1-3-5-16)32-23(33-24(35)20(31)14-37)25(36)34(21)13-15-6-8-17(9-7-15)26(28,29)30/h1-12,20,23,37H,13-14,31H2,(H,33,35)/t20-,23?/m0/s1. The molecule has 1 aliphatic rings. The Morgan fingerprint density at radius 1 is 1.11 bits per heavy atom. The van der Waals surface area contributed by atoms with Crippen molar-refractivity contribution in [2.75, 3.05) is 10.7 Å². The summed E-state index contributed by atoms with van der Waals surface area (Å²) in [5.41, 5.74) is 7.49. The summed E-state index contributed by atoms with van der Waals surface area (Å²) >= 11 is 10.4. The van der Waals surface area contributed by atoms with Crippen LogP contribution < -0.4 is 16.0 Å². The van der Waals surface area contributed by atoms with Gasteiger partial charge in [-0.05, 0) is 35.9 Å². The number of nitrogens with zero attached hydrogens (tertiary/aromatic N) is 2. The minimum atomic E-state index is -4.49. The first-order valence-corrected chi connectivity index (χ1v) is 12.2. The molecule has 0 spiro atoms. The summed E-state index contributed by atoms with van der Waals surface area (Å²) in [6.07, 6.45) is -5.84. The van der Waals surface area contributed by atoms with Crippen molar-refractivity contribution in [1.29, 1.82) is 0 Å². The number of fused-ring (bicyclic) bond motifs is 1. The highest BCUT2D eigenvalue weighted by molar-refractivity contribution is 7.80. The normalized spacial score (nSPS) is 16.5. The second-order valence-electron chi connectivity index (χ2n) is 8.32. The number of hydrogen-bond acceptors (Lipinski definition) is 5. The van der Waals surface area contributed by atoms with Gasteiger partial charge in [0.15, 0.2) is 0 Å². The second-order valence-corrected chi connectivity index (χ2v) is 9.13. The topological polar surface area (TPSA) is 87.8 Å². The maximum absolute atomic E-state index is 13.8. The minimum Gasteiger partial charge on any atom is -0.325 e. The van der Waals surface area contributed by atoms with E-state index in [-0.39, 0.29) is 12.3 Å². The average molecular weight is 547 g/mol. The number of aliphatic imine (C=N–C) groups is 1. The van der Waals surface area contributed by atoms with E-state index < -0.39 is 35.8 Å². The molecule has 1 unspecified atom stereocenters. The van der Waals surface area contributed by atoms with Crippen LogP contribution in [-0.4, -0.2) is 35.5 Å². The zero-order valence-corrected chi connectivity index (χ0v) is 20.9. The number of carbonyl (C=O) groups is 2. The van der Waals surface area contributed by atoms with E-state index in [2.05, 4.69) is 22.9 Å². The molecule has 0 aromatic heterocycles. The molecule has 2 atom stereocenters. The van der Waals surface area contributed by atoms with Crippen molar-refractivity contribution in [3.8, 4) is 0 Å². The Balaban J connectivity index is 1.82. The van der Waals surface area contributed by atoms with Crippen LogP contribution in [0.5, 0.6) is 0 Å². The Morgan fingerprint density at radius 3 is 2.41 bits per heavy atom. The van der Waals surface area contributed by atoms with Crippen molar-refractivity contribution >= 4 is 47.4 Å². The summed E-state index contributed by atoms with van der Waals surface area (Å²) in [7, 11) is 0. The third-order valence-corrected chi connectivity index (χ3v) is 6.37. The molecule has 192 valence electrons. The Bertz CT molecular complexity index is 1330. The average Bonchev–Trinajstić information content (AvgIpc) is 2.98. The highest BCUT2D eigenvalue weighted by atomic mass is 35.5. The van der Waals surface area contributed by atoms with Gasteiger partial charge in [0.25, 0.3) is 5.91 Å². The molecule has 0 radical (unpaired) electrons. The fourth-order valence-electron chi connectivity index (χ4n) is 3.84. The fourth-order valence-corrected chi connectivity index (χ4v) is 4.18. The summed E-state index contributed by atoms with van der Waals surface area (Å²) in [5.74, 6) is -1.16. The third kappa shape index (κ3) is 5.98. The summed E-state index contributed by atoms with van der Waals surface area (Å²) in [4.78, 5) is 32.4. The zero-order chi connectivity index (χ0) is 26.7. The maximum atomic E-state index is 13.8. The monoisotopic (exact) mass is 546 g/mol. The van der Waals surface area contributed by atoms with Gasteiger partial charge in [0.1, 0.15) is 0 Å². The van der Waals surface area contributed by atoms with Crippen LogP contribution >= 0.6 is 24.2 Å². The van der Waals surface area contributed by atoms with Gasteiger partial charge in [0.2, 0.25) is 12.1 Å². The van der Waals surface area contributed by atoms with E-state index in [4.69, 9.17) is 17.3 Å². The number of thiol groups is 1. The predicted molar refractivity (Wildman–Crippen MR) is 140 cm³/mol. The fraction of sp³-hybridized carbons (Fsp3) is 0.192. The summed E-state index contributed by atoms with van der Waals surface area (Å²) in [6.45, 7) is -0.0752. The number of amides is 2. The number of nitrogens with one attached hydrogen (secondary N) is 1. The zero-order valence-electron chi connectivity index (χ0n) is 19.2. The lowest BCUT2D eigenvalue weighted by Gasteiger charge is -2.26. The van der Waals surface area contributed by atoms with Crippen molar-refractivity contribution in [2.24, 2.45) is 10.7 Å². The minimum absolute atomic E-state index is 0.0487. The van der Waals surface area contributed by atoms with Gasteiger partial charge < -0.3 is 16.0 Å². The number of halogens is 4. The smallest absolute Gasteiger partial charge is 0.325 e. The molecule has 3 aromatic carbocycles. The number of rotatable bonds is 6. The first kappa shape index (κ1) is 26.7. The van der Waals surface area contributed by atoms with E-state index in [0.717, 1.165) is 12.1 Å². The van der Waals surface area contributed by atoms with Crippen molar-refractivity contribution in [1.82, 2.24) is 5.32 Å². The van der Waals surface area contributed by atoms with Crippen LogP contribution in [0.2, 0.25) is 5.02 Å². The number of nitrogens with two attached hydrogens (primary N) is 1. The summed E-state index contributed by atoms with van der Waals surface area (Å²) in [6, 6.07) is 17.5. The highest BCUT2D eigenvalue weighted by Crippen LogP contribution is 2.33. The first-order chi connectivity index (χ1) is 17.6. The first-order valence-electron chi connectivity index (χ1n) is 11.2. The molecule has 37 heavy (non-hydrogen) atoms.